The highest BCUT2D eigenvalue weighted by Crippen LogP contribution is 2.39. The molecule has 0 spiro atoms. The van der Waals surface area contributed by atoms with Crippen LogP contribution in [0.4, 0.5) is 5.69 Å². The van der Waals surface area contributed by atoms with E-state index in [0.717, 1.165) is 25.1 Å². The van der Waals surface area contributed by atoms with Crippen molar-refractivity contribution in [3.63, 3.8) is 0 Å². The quantitative estimate of drug-likeness (QED) is 0.167. The van der Waals surface area contributed by atoms with Crippen molar-refractivity contribution in [1.82, 2.24) is 0 Å². The lowest BCUT2D eigenvalue weighted by atomic mass is 9.96. The fraction of sp³-hybridized carbons (Fsp3) is 0.125. The van der Waals surface area contributed by atoms with Crippen LogP contribution in [0.1, 0.15) is 26.3 Å². The number of fused-ring (bicyclic) bond motifs is 2. The molecule has 41 heavy (non-hydrogen) atoms. The third-order valence-corrected chi connectivity index (χ3v) is 7.75. The first-order chi connectivity index (χ1) is 19.8. The normalized spacial score (nSPS) is 10.9. The molecule has 0 fully saturated rings. The van der Waals surface area contributed by atoms with Gasteiger partial charge in [0.1, 0.15) is 23.0 Å². The molecule has 0 unspecified atom stereocenters. The maximum absolute atomic E-state index is 14.3. The van der Waals surface area contributed by atoms with Gasteiger partial charge in [0.05, 0.1) is 50.8 Å². The Balaban J connectivity index is 1.68. The number of hydrogen-bond acceptors (Lipinski definition) is 6. The summed E-state index contributed by atoms with van der Waals surface area (Å²) in [5.74, 6) is 0.552. The minimum Gasteiger partial charge on any atom is -0.497 e. The lowest BCUT2D eigenvalue weighted by Crippen LogP contribution is -2.18. The van der Waals surface area contributed by atoms with Crippen molar-refractivity contribution in [3.8, 4) is 23.0 Å². The van der Waals surface area contributed by atoms with E-state index in [1.54, 1.807) is 24.3 Å². The molecule has 1 amide bonds. The highest BCUT2D eigenvalue weighted by atomic mass is 79.9. The number of ketones is 1. The number of nitrogens with one attached hydrogen (secondary N) is 1. The lowest BCUT2D eigenvalue weighted by molar-refractivity contribution is 0.102. The van der Waals surface area contributed by atoms with Crippen LogP contribution in [-0.2, 0) is 0 Å². The zero-order chi connectivity index (χ0) is 29.3. The molecular formula is C32H25Br2NO6. The minimum absolute atomic E-state index is 0.149. The maximum atomic E-state index is 14.3. The first-order valence-electron chi connectivity index (χ1n) is 12.4. The van der Waals surface area contributed by atoms with Crippen LogP contribution < -0.4 is 24.3 Å². The molecule has 0 aliphatic carbocycles. The zero-order valence-corrected chi connectivity index (χ0v) is 25.8. The standard InChI is InChI=1S/C32H25Br2NO6/c1-38-22-15-25(35-32(37)29-23-9-8-21(34)11-18(23)6-10-26(29)39-2)30(28(16-22)41-4)31(36)24-13-19-12-20(33)7-5-17(19)14-27(24)40-3/h5-16H,1-4H3,(H,35,37). The van der Waals surface area contributed by atoms with Gasteiger partial charge in [0.2, 0.25) is 5.78 Å². The van der Waals surface area contributed by atoms with Gasteiger partial charge in [0.25, 0.3) is 5.91 Å². The van der Waals surface area contributed by atoms with Crippen LogP contribution in [0.3, 0.4) is 0 Å². The van der Waals surface area contributed by atoms with Crippen molar-refractivity contribution >= 4 is 70.8 Å². The monoisotopic (exact) mass is 677 g/mol. The van der Waals surface area contributed by atoms with Crippen molar-refractivity contribution in [3.05, 3.63) is 98.4 Å². The fourth-order valence-electron chi connectivity index (χ4n) is 4.80. The first-order valence-corrected chi connectivity index (χ1v) is 14.0. The summed E-state index contributed by atoms with van der Waals surface area (Å²) in [7, 11) is 5.97. The van der Waals surface area contributed by atoms with E-state index in [1.165, 1.54) is 28.4 Å². The summed E-state index contributed by atoms with van der Waals surface area (Å²) < 4.78 is 24.0. The summed E-state index contributed by atoms with van der Waals surface area (Å²) >= 11 is 6.98. The Bertz CT molecular complexity index is 1840. The molecule has 0 saturated heterocycles. The van der Waals surface area contributed by atoms with Gasteiger partial charge in [0.15, 0.2) is 0 Å². The summed E-state index contributed by atoms with van der Waals surface area (Å²) in [6, 6.07) is 21.8. The van der Waals surface area contributed by atoms with Crippen LogP contribution in [0.15, 0.2) is 81.7 Å². The van der Waals surface area contributed by atoms with Crippen LogP contribution in [-0.4, -0.2) is 40.1 Å². The van der Waals surface area contributed by atoms with Gasteiger partial charge in [-0.05, 0) is 64.0 Å². The van der Waals surface area contributed by atoms with Gasteiger partial charge in [-0.15, -0.1) is 0 Å². The van der Waals surface area contributed by atoms with E-state index >= 15 is 0 Å². The van der Waals surface area contributed by atoms with Gasteiger partial charge < -0.3 is 24.3 Å². The summed E-state index contributed by atoms with van der Waals surface area (Å²) in [4.78, 5) is 28.2. The van der Waals surface area contributed by atoms with Crippen LogP contribution in [0.25, 0.3) is 21.5 Å². The van der Waals surface area contributed by atoms with E-state index in [0.29, 0.717) is 33.8 Å². The number of carbonyl (C=O) groups excluding carboxylic acids is 2. The Hall–Kier alpha value is -4.08. The topological polar surface area (TPSA) is 83.1 Å². The smallest absolute Gasteiger partial charge is 0.260 e. The molecule has 1 N–H and O–H groups in total. The molecule has 5 rings (SSSR count). The number of benzene rings is 5. The second-order valence-corrected chi connectivity index (χ2v) is 10.9. The Morgan fingerprint density at radius 3 is 1.95 bits per heavy atom. The number of rotatable bonds is 8. The summed E-state index contributed by atoms with van der Waals surface area (Å²) in [6.07, 6.45) is 0. The Morgan fingerprint density at radius 1 is 0.610 bits per heavy atom. The highest BCUT2D eigenvalue weighted by Gasteiger charge is 2.26. The lowest BCUT2D eigenvalue weighted by Gasteiger charge is -2.18. The summed E-state index contributed by atoms with van der Waals surface area (Å²) in [6.45, 7) is 0. The fourth-order valence-corrected chi connectivity index (χ4v) is 5.56. The van der Waals surface area contributed by atoms with Gasteiger partial charge >= 0.3 is 0 Å². The molecule has 9 heteroatoms. The molecule has 0 aromatic heterocycles. The van der Waals surface area contributed by atoms with Crippen molar-refractivity contribution in [2.75, 3.05) is 33.8 Å². The molecule has 208 valence electrons. The molecule has 7 nitrogen and oxygen atoms in total. The predicted molar refractivity (Wildman–Crippen MR) is 167 cm³/mol. The molecule has 0 atom stereocenters. The third kappa shape index (κ3) is 5.47. The molecule has 0 radical (unpaired) electrons. The van der Waals surface area contributed by atoms with E-state index in [2.05, 4.69) is 37.2 Å². The first kappa shape index (κ1) is 28.4. The minimum atomic E-state index is -0.464. The predicted octanol–water partition coefficient (Wildman–Crippen LogP) is 8.04. The molecule has 0 bridgehead atoms. The zero-order valence-electron chi connectivity index (χ0n) is 22.6. The third-order valence-electron chi connectivity index (χ3n) is 6.76. The van der Waals surface area contributed by atoms with Gasteiger partial charge in [-0.1, -0.05) is 50.1 Å². The average Bonchev–Trinajstić information content (AvgIpc) is 2.98. The van der Waals surface area contributed by atoms with E-state index in [-0.39, 0.29) is 17.0 Å². The number of hydrogen-bond donors (Lipinski definition) is 1. The highest BCUT2D eigenvalue weighted by molar-refractivity contribution is 9.10. The second kappa shape index (κ2) is 11.8. The Morgan fingerprint density at radius 2 is 1.27 bits per heavy atom. The number of anilines is 1. The molecule has 0 aliphatic rings. The maximum Gasteiger partial charge on any atom is 0.260 e. The number of ether oxygens (including phenoxy) is 4. The summed E-state index contributed by atoms with van der Waals surface area (Å²) in [5.41, 5.74) is 0.996. The molecule has 0 heterocycles. The van der Waals surface area contributed by atoms with E-state index < -0.39 is 11.7 Å². The van der Waals surface area contributed by atoms with Gasteiger partial charge in [-0.3, -0.25) is 9.59 Å². The van der Waals surface area contributed by atoms with Crippen molar-refractivity contribution in [1.29, 1.82) is 0 Å². The Labute approximate surface area is 253 Å². The summed E-state index contributed by atoms with van der Waals surface area (Å²) in [5, 5.41) is 6.22. The van der Waals surface area contributed by atoms with Crippen molar-refractivity contribution < 1.29 is 28.5 Å². The van der Waals surface area contributed by atoms with Gasteiger partial charge in [-0.2, -0.15) is 0 Å². The van der Waals surface area contributed by atoms with Gasteiger partial charge in [-0.25, -0.2) is 0 Å². The SMILES string of the molecule is COc1cc(NC(=O)c2c(OC)ccc3cc(Br)ccc23)c(C(=O)c2cc3cc(Br)ccc3cc2OC)c(OC)c1. The van der Waals surface area contributed by atoms with Crippen LogP contribution >= 0.6 is 31.9 Å². The largest absolute Gasteiger partial charge is 0.497 e. The number of methoxy groups -OCH3 is 4. The molecule has 0 saturated carbocycles. The molecule has 5 aromatic rings. The van der Waals surface area contributed by atoms with E-state index in [4.69, 9.17) is 18.9 Å². The Kier molecular flexibility index (Phi) is 8.19. The molecule has 0 aliphatic heterocycles. The number of carbonyl (C=O) groups is 2. The van der Waals surface area contributed by atoms with Crippen molar-refractivity contribution in [2.24, 2.45) is 0 Å². The van der Waals surface area contributed by atoms with Crippen LogP contribution in [0.2, 0.25) is 0 Å². The van der Waals surface area contributed by atoms with Crippen LogP contribution in [0, 0.1) is 0 Å². The molecule has 5 aromatic carbocycles. The average molecular weight is 679 g/mol. The van der Waals surface area contributed by atoms with Crippen molar-refractivity contribution in [2.45, 2.75) is 0 Å². The second-order valence-electron chi connectivity index (χ2n) is 9.09. The van der Waals surface area contributed by atoms with E-state index in [9.17, 15) is 9.59 Å². The number of halogens is 2. The number of amides is 1. The molecular weight excluding hydrogens is 654 g/mol. The van der Waals surface area contributed by atoms with E-state index in [1.807, 2.05) is 48.5 Å². The van der Waals surface area contributed by atoms with Crippen LogP contribution in [0.5, 0.6) is 23.0 Å². The van der Waals surface area contributed by atoms with Gasteiger partial charge in [0, 0.05) is 21.1 Å².